The van der Waals surface area contributed by atoms with Crippen molar-refractivity contribution in [2.75, 3.05) is 44.6 Å². The van der Waals surface area contributed by atoms with Crippen LogP contribution in [0.4, 0.5) is 5.69 Å². The van der Waals surface area contributed by atoms with Crippen molar-refractivity contribution < 1.29 is 9.90 Å². The molecule has 1 saturated heterocycles. The molecule has 1 aliphatic heterocycles. The maximum absolute atomic E-state index is 12.0. The van der Waals surface area contributed by atoms with Gasteiger partial charge in [-0.2, -0.15) is 5.10 Å². The zero-order valence-electron chi connectivity index (χ0n) is 11.5. The predicted molar refractivity (Wildman–Crippen MR) is 78.5 cm³/mol. The van der Waals surface area contributed by atoms with Crippen LogP contribution in [-0.2, 0) is 11.3 Å². The first-order valence-corrected chi connectivity index (χ1v) is 7.10. The first kappa shape index (κ1) is 15.7. The van der Waals surface area contributed by atoms with Crippen LogP contribution in [0, 0.1) is 0 Å². The number of carbonyl (C=O) groups is 1. The minimum atomic E-state index is -0.495. The fourth-order valence-corrected chi connectivity index (χ4v) is 2.25. The molecule has 1 aromatic rings. The SMILES string of the molecule is O=C(CNc1cnn(CCO)c(=O)c1Cl)N1CCNCC1. The monoisotopic (exact) mass is 315 g/mol. The standard InChI is InChI=1S/C12H18ClN5O3/c13-11-9(7-16-18(5-6-19)12(11)21)15-8-10(20)17-3-1-14-2-4-17/h7,14-15,19H,1-6,8H2. The van der Waals surface area contributed by atoms with Crippen molar-refractivity contribution in [1.29, 1.82) is 0 Å². The van der Waals surface area contributed by atoms with Gasteiger partial charge in [-0.1, -0.05) is 11.6 Å². The molecule has 0 bridgehead atoms. The fraction of sp³-hybridized carbons (Fsp3) is 0.583. The molecule has 21 heavy (non-hydrogen) atoms. The van der Waals surface area contributed by atoms with Crippen LogP contribution in [0.5, 0.6) is 0 Å². The van der Waals surface area contributed by atoms with Crippen LogP contribution in [0.25, 0.3) is 0 Å². The average molecular weight is 316 g/mol. The molecule has 0 aliphatic carbocycles. The van der Waals surface area contributed by atoms with Gasteiger partial charge in [-0.15, -0.1) is 0 Å². The number of nitrogens with zero attached hydrogens (tertiary/aromatic N) is 3. The van der Waals surface area contributed by atoms with E-state index in [1.165, 1.54) is 6.20 Å². The second kappa shape index (κ2) is 7.39. The molecule has 0 radical (unpaired) electrons. The Morgan fingerprint density at radius 2 is 2.19 bits per heavy atom. The normalized spacial score (nSPS) is 15.0. The molecule has 0 atom stereocenters. The lowest BCUT2D eigenvalue weighted by Crippen LogP contribution is -2.48. The van der Waals surface area contributed by atoms with Crippen molar-refractivity contribution in [1.82, 2.24) is 20.0 Å². The first-order chi connectivity index (χ1) is 10.1. The number of nitrogens with one attached hydrogen (secondary N) is 2. The number of anilines is 1. The summed E-state index contributed by atoms with van der Waals surface area (Å²) >= 11 is 5.95. The number of hydrogen-bond acceptors (Lipinski definition) is 6. The maximum Gasteiger partial charge on any atom is 0.287 e. The van der Waals surface area contributed by atoms with E-state index in [4.69, 9.17) is 16.7 Å². The third-order valence-electron chi connectivity index (χ3n) is 3.20. The Morgan fingerprint density at radius 3 is 2.86 bits per heavy atom. The smallest absolute Gasteiger partial charge is 0.287 e. The minimum Gasteiger partial charge on any atom is -0.394 e. The van der Waals surface area contributed by atoms with E-state index in [1.807, 2.05) is 0 Å². The molecule has 0 saturated carbocycles. The molecule has 2 heterocycles. The molecule has 1 fully saturated rings. The quantitative estimate of drug-likeness (QED) is 0.627. The molecule has 9 heteroatoms. The number of hydrogen-bond donors (Lipinski definition) is 3. The van der Waals surface area contributed by atoms with Gasteiger partial charge in [0.2, 0.25) is 5.91 Å². The summed E-state index contributed by atoms with van der Waals surface area (Å²) in [5, 5.41) is 18.7. The molecule has 1 amide bonds. The van der Waals surface area contributed by atoms with Crippen molar-refractivity contribution in [3.63, 3.8) is 0 Å². The molecule has 1 aromatic heterocycles. The molecule has 0 unspecified atom stereocenters. The summed E-state index contributed by atoms with van der Waals surface area (Å²) in [4.78, 5) is 25.6. The summed E-state index contributed by atoms with van der Waals surface area (Å²) in [7, 11) is 0. The second-order valence-corrected chi connectivity index (χ2v) is 4.99. The molecular formula is C12H18ClN5O3. The molecule has 0 aromatic carbocycles. The van der Waals surface area contributed by atoms with Gasteiger partial charge >= 0.3 is 0 Å². The van der Waals surface area contributed by atoms with Crippen molar-refractivity contribution in [3.8, 4) is 0 Å². The summed E-state index contributed by atoms with van der Waals surface area (Å²) in [5.74, 6) is -0.0490. The highest BCUT2D eigenvalue weighted by molar-refractivity contribution is 6.33. The summed E-state index contributed by atoms with van der Waals surface area (Å²) in [6.45, 7) is 2.85. The van der Waals surface area contributed by atoms with Crippen LogP contribution in [0.2, 0.25) is 5.02 Å². The number of rotatable bonds is 5. The molecule has 8 nitrogen and oxygen atoms in total. The Kier molecular flexibility index (Phi) is 5.54. The maximum atomic E-state index is 12.0. The number of aliphatic hydroxyl groups is 1. The Morgan fingerprint density at radius 1 is 1.48 bits per heavy atom. The van der Waals surface area contributed by atoms with E-state index < -0.39 is 5.56 Å². The van der Waals surface area contributed by atoms with Gasteiger partial charge in [-0.3, -0.25) is 9.59 Å². The summed E-state index contributed by atoms with van der Waals surface area (Å²) in [6, 6.07) is 0. The predicted octanol–water partition coefficient (Wildman–Crippen LogP) is -1.27. The van der Waals surface area contributed by atoms with E-state index in [-0.39, 0.29) is 30.6 Å². The van der Waals surface area contributed by atoms with E-state index in [2.05, 4.69) is 15.7 Å². The molecule has 1 aliphatic rings. The van der Waals surface area contributed by atoms with Crippen LogP contribution in [-0.4, -0.2) is 65.0 Å². The lowest BCUT2D eigenvalue weighted by Gasteiger charge is -2.27. The lowest BCUT2D eigenvalue weighted by molar-refractivity contribution is -0.129. The van der Waals surface area contributed by atoms with Gasteiger partial charge in [0.05, 0.1) is 31.6 Å². The molecule has 116 valence electrons. The van der Waals surface area contributed by atoms with Crippen LogP contribution in [0.15, 0.2) is 11.0 Å². The van der Waals surface area contributed by atoms with Gasteiger partial charge < -0.3 is 20.6 Å². The average Bonchev–Trinajstić information content (AvgIpc) is 2.52. The Bertz CT molecular complexity index is 556. The molecule has 0 spiro atoms. The highest BCUT2D eigenvalue weighted by atomic mass is 35.5. The Labute approximate surface area is 126 Å². The van der Waals surface area contributed by atoms with Crippen LogP contribution in [0.1, 0.15) is 0 Å². The molecular weight excluding hydrogens is 298 g/mol. The van der Waals surface area contributed by atoms with Gasteiger partial charge in [0.15, 0.2) is 0 Å². The summed E-state index contributed by atoms with van der Waals surface area (Å²) in [6.07, 6.45) is 1.38. The summed E-state index contributed by atoms with van der Waals surface area (Å²) in [5.41, 5.74) is -0.176. The van der Waals surface area contributed by atoms with E-state index in [9.17, 15) is 9.59 Å². The zero-order valence-corrected chi connectivity index (χ0v) is 12.3. The highest BCUT2D eigenvalue weighted by Crippen LogP contribution is 2.14. The number of carbonyl (C=O) groups excluding carboxylic acids is 1. The van der Waals surface area contributed by atoms with E-state index in [1.54, 1.807) is 4.90 Å². The van der Waals surface area contributed by atoms with Crippen LogP contribution >= 0.6 is 11.6 Å². The fourth-order valence-electron chi connectivity index (χ4n) is 2.04. The summed E-state index contributed by atoms with van der Waals surface area (Å²) < 4.78 is 1.08. The van der Waals surface area contributed by atoms with Gasteiger partial charge in [-0.25, -0.2) is 4.68 Å². The van der Waals surface area contributed by atoms with Gasteiger partial charge in [0.1, 0.15) is 5.02 Å². The van der Waals surface area contributed by atoms with E-state index in [0.717, 1.165) is 17.8 Å². The number of amides is 1. The van der Waals surface area contributed by atoms with Gasteiger partial charge in [0.25, 0.3) is 5.56 Å². The molecule has 2 rings (SSSR count). The number of aromatic nitrogens is 2. The first-order valence-electron chi connectivity index (χ1n) is 6.72. The third-order valence-corrected chi connectivity index (χ3v) is 3.56. The highest BCUT2D eigenvalue weighted by Gasteiger charge is 2.16. The van der Waals surface area contributed by atoms with Crippen molar-refractivity contribution >= 4 is 23.2 Å². The van der Waals surface area contributed by atoms with Gasteiger partial charge in [0, 0.05) is 26.2 Å². The van der Waals surface area contributed by atoms with Crippen molar-refractivity contribution in [2.45, 2.75) is 6.54 Å². The second-order valence-electron chi connectivity index (χ2n) is 4.61. The third kappa shape index (κ3) is 3.93. The Hall–Kier alpha value is -1.64. The van der Waals surface area contributed by atoms with Crippen LogP contribution in [0.3, 0.4) is 0 Å². The lowest BCUT2D eigenvalue weighted by atomic mass is 10.3. The zero-order chi connectivity index (χ0) is 15.2. The largest absolute Gasteiger partial charge is 0.394 e. The van der Waals surface area contributed by atoms with E-state index >= 15 is 0 Å². The number of piperazine rings is 1. The molecule has 3 N–H and O–H groups in total. The topological polar surface area (TPSA) is 99.5 Å². The van der Waals surface area contributed by atoms with E-state index in [0.29, 0.717) is 18.8 Å². The number of halogens is 1. The Balaban J connectivity index is 1.98. The van der Waals surface area contributed by atoms with Crippen molar-refractivity contribution in [2.24, 2.45) is 0 Å². The van der Waals surface area contributed by atoms with Crippen LogP contribution < -0.4 is 16.2 Å². The van der Waals surface area contributed by atoms with Gasteiger partial charge in [-0.05, 0) is 0 Å². The minimum absolute atomic E-state index is 0.0356. The number of aliphatic hydroxyl groups excluding tert-OH is 1. The van der Waals surface area contributed by atoms with Crippen molar-refractivity contribution in [3.05, 3.63) is 21.6 Å².